The third-order valence-electron chi connectivity index (χ3n) is 4.20. The number of carbonyl (C=O) groups is 1. The Morgan fingerprint density at radius 2 is 2.25 bits per heavy atom. The van der Waals surface area contributed by atoms with Crippen molar-refractivity contribution in [3.8, 4) is 0 Å². The summed E-state index contributed by atoms with van der Waals surface area (Å²) >= 11 is 12.1. The lowest BCUT2D eigenvalue weighted by Crippen LogP contribution is -2.32. The third-order valence-corrected chi connectivity index (χ3v) is 5.06. The molecule has 0 bridgehead atoms. The molecule has 0 aliphatic carbocycles. The zero-order valence-electron chi connectivity index (χ0n) is 13.3. The van der Waals surface area contributed by atoms with E-state index < -0.39 is 0 Å². The van der Waals surface area contributed by atoms with Crippen LogP contribution in [0.3, 0.4) is 0 Å². The second kappa shape index (κ2) is 8.01. The molecule has 1 aliphatic heterocycles. The lowest BCUT2D eigenvalue weighted by atomic mass is 10.1. The van der Waals surface area contributed by atoms with E-state index in [0.29, 0.717) is 34.7 Å². The van der Waals surface area contributed by atoms with Gasteiger partial charge in [0.1, 0.15) is 5.69 Å². The van der Waals surface area contributed by atoms with Crippen LogP contribution >= 0.6 is 23.2 Å². The van der Waals surface area contributed by atoms with Crippen molar-refractivity contribution >= 4 is 29.1 Å². The van der Waals surface area contributed by atoms with E-state index in [1.165, 1.54) is 0 Å². The van der Waals surface area contributed by atoms with Crippen LogP contribution in [0.25, 0.3) is 0 Å². The first kappa shape index (κ1) is 17.3. The molecule has 1 fully saturated rings. The van der Waals surface area contributed by atoms with Gasteiger partial charge in [-0.3, -0.25) is 9.48 Å². The normalized spacial score (nSPS) is 17.7. The largest absolute Gasteiger partial charge is 0.350 e. The number of halogens is 2. The molecule has 3 rings (SSSR count). The van der Waals surface area contributed by atoms with Crippen molar-refractivity contribution in [1.82, 2.24) is 20.4 Å². The molecule has 0 radical (unpaired) electrons. The lowest BCUT2D eigenvalue weighted by molar-refractivity contribution is 0.0948. The highest BCUT2D eigenvalue weighted by atomic mass is 35.5. The molecule has 1 unspecified atom stereocenters. The third kappa shape index (κ3) is 4.09. The minimum atomic E-state index is -0.171. The molecule has 0 saturated carbocycles. The van der Waals surface area contributed by atoms with Crippen LogP contribution in [0, 0.1) is 0 Å². The van der Waals surface area contributed by atoms with E-state index in [1.54, 1.807) is 12.1 Å². The minimum absolute atomic E-state index is 0.171. The van der Waals surface area contributed by atoms with Crippen LogP contribution in [0.2, 0.25) is 10.0 Å². The molecule has 2 heterocycles. The van der Waals surface area contributed by atoms with Crippen LogP contribution in [-0.2, 0) is 6.42 Å². The molecule has 128 valence electrons. The van der Waals surface area contributed by atoms with Crippen molar-refractivity contribution in [2.75, 3.05) is 19.6 Å². The first-order valence-corrected chi connectivity index (χ1v) is 8.87. The zero-order valence-corrected chi connectivity index (χ0v) is 14.8. The van der Waals surface area contributed by atoms with Crippen molar-refractivity contribution in [1.29, 1.82) is 0 Å². The van der Waals surface area contributed by atoms with E-state index in [0.717, 1.165) is 31.5 Å². The van der Waals surface area contributed by atoms with E-state index in [9.17, 15) is 4.79 Å². The van der Waals surface area contributed by atoms with Crippen LogP contribution in [0.4, 0.5) is 0 Å². The number of rotatable bonds is 5. The molecule has 1 aromatic carbocycles. The maximum atomic E-state index is 12.2. The Kier molecular flexibility index (Phi) is 5.76. The molecular weight excluding hydrogens is 347 g/mol. The fraction of sp³-hybridized carbons (Fsp3) is 0.412. The summed E-state index contributed by atoms with van der Waals surface area (Å²) in [4.78, 5) is 12.2. The number of aromatic nitrogens is 2. The van der Waals surface area contributed by atoms with Crippen LogP contribution < -0.4 is 10.6 Å². The quantitative estimate of drug-likeness (QED) is 0.854. The van der Waals surface area contributed by atoms with Crippen LogP contribution in [0.5, 0.6) is 0 Å². The zero-order chi connectivity index (χ0) is 16.9. The summed E-state index contributed by atoms with van der Waals surface area (Å²) in [5.74, 6) is -0.171. The summed E-state index contributed by atoms with van der Waals surface area (Å²) in [5, 5.41) is 11.7. The maximum Gasteiger partial charge on any atom is 0.271 e. The van der Waals surface area contributed by atoms with Gasteiger partial charge in [-0.15, -0.1) is 0 Å². The van der Waals surface area contributed by atoms with E-state index in [-0.39, 0.29) is 5.91 Å². The van der Waals surface area contributed by atoms with Crippen molar-refractivity contribution in [3.05, 3.63) is 51.8 Å². The van der Waals surface area contributed by atoms with Gasteiger partial charge >= 0.3 is 0 Å². The Bertz CT molecular complexity index is 710. The number of nitrogens with one attached hydrogen (secondary N) is 2. The highest BCUT2D eigenvalue weighted by Gasteiger charge is 2.17. The van der Waals surface area contributed by atoms with E-state index in [2.05, 4.69) is 15.7 Å². The maximum absolute atomic E-state index is 12.2. The van der Waals surface area contributed by atoms with E-state index >= 15 is 0 Å². The van der Waals surface area contributed by atoms with Gasteiger partial charge in [0.15, 0.2) is 0 Å². The summed E-state index contributed by atoms with van der Waals surface area (Å²) in [6.07, 6.45) is 4.72. The fourth-order valence-corrected chi connectivity index (χ4v) is 3.28. The molecular formula is C17H20Cl2N4O. The monoisotopic (exact) mass is 366 g/mol. The number of hydrogen-bond donors (Lipinski definition) is 2. The average Bonchev–Trinajstić information content (AvgIpc) is 3.09. The van der Waals surface area contributed by atoms with Crippen LogP contribution in [-0.4, -0.2) is 35.3 Å². The van der Waals surface area contributed by atoms with Crippen LogP contribution in [0.1, 0.15) is 34.9 Å². The van der Waals surface area contributed by atoms with Gasteiger partial charge in [-0.25, -0.2) is 0 Å². The molecule has 7 heteroatoms. The molecule has 1 atom stereocenters. The molecule has 24 heavy (non-hydrogen) atoms. The van der Waals surface area contributed by atoms with Gasteiger partial charge in [0.25, 0.3) is 5.91 Å². The molecule has 1 aromatic heterocycles. The number of amides is 1. The standard InChI is InChI=1S/C17H20Cl2N4O/c18-14-5-1-3-12(16(14)19)6-9-21-17(24)15-7-10-23(22-15)13-4-2-8-20-11-13/h1,3,5,7,10,13,20H,2,4,6,8-9,11H2,(H,21,24). The molecule has 5 nitrogen and oxygen atoms in total. The molecule has 2 aromatic rings. The minimum Gasteiger partial charge on any atom is -0.350 e. The SMILES string of the molecule is O=C(NCCc1cccc(Cl)c1Cl)c1ccn(C2CCCNC2)n1. The van der Waals surface area contributed by atoms with Gasteiger partial charge in [0.05, 0.1) is 16.1 Å². The number of nitrogens with zero attached hydrogens (tertiary/aromatic N) is 2. The van der Waals surface area contributed by atoms with Gasteiger partial charge in [0, 0.05) is 19.3 Å². The van der Waals surface area contributed by atoms with Crippen molar-refractivity contribution in [3.63, 3.8) is 0 Å². The molecule has 1 aliphatic rings. The number of piperidine rings is 1. The predicted octanol–water partition coefficient (Wildman–Crippen LogP) is 3.09. The Morgan fingerprint density at radius 3 is 3.04 bits per heavy atom. The first-order valence-electron chi connectivity index (χ1n) is 8.12. The summed E-state index contributed by atoms with van der Waals surface area (Å²) in [7, 11) is 0. The molecule has 2 N–H and O–H groups in total. The summed E-state index contributed by atoms with van der Waals surface area (Å²) < 4.78 is 1.88. The molecule has 1 saturated heterocycles. The number of hydrogen-bond acceptors (Lipinski definition) is 3. The Morgan fingerprint density at radius 1 is 1.38 bits per heavy atom. The van der Waals surface area contributed by atoms with Crippen molar-refractivity contribution in [2.45, 2.75) is 25.3 Å². The predicted molar refractivity (Wildman–Crippen MR) is 95.9 cm³/mol. The fourth-order valence-electron chi connectivity index (χ4n) is 2.86. The topological polar surface area (TPSA) is 59.0 Å². The Labute approximate surface area is 151 Å². The van der Waals surface area contributed by atoms with Crippen molar-refractivity contribution in [2.24, 2.45) is 0 Å². The highest BCUT2D eigenvalue weighted by molar-refractivity contribution is 6.42. The van der Waals surface area contributed by atoms with Gasteiger partial charge in [-0.1, -0.05) is 35.3 Å². The Hall–Kier alpha value is -1.56. The second-order valence-corrected chi connectivity index (χ2v) is 6.69. The summed E-state index contributed by atoms with van der Waals surface area (Å²) in [5.41, 5.74) is 1.36. The number of benzene rings is 1. The van der Waals surface area contributed by atoms with Crippen molar-refractivity contribution < 1.29 is 4.79 Å². The molecule has 1 amide bonds. The van der Waals surface area contributed by atoms with E-state index in [1.807, 2.05) is 23.0 Å². The summed E-state index contributed by atoms with van der Waals surface area (Å²) in [6.45, 7) is 2.43. The van der Waals surface area contributed by atoms with E-state index in [4.69, 9.17) is 23.2 Å². The smallest absolute Gasteiger partial charge is 0.271 e. The summed E-state index contributed by atoms with van der Waals surface area (Å²) in [6, 6.07) is 7.59. The first-order chi connectivity index (χ1) is 11.6. The second-order valence-electron chi connectivity index (χ2n) is 5.90. The number of carbonyl (C=O) groups excluding carboxylic acids is 1. The molecule has 0 spiro atoms. The van der Waals surface area contributed by atoms with Gasteiger partial charge in [-0.2, -0.15) is 5.10 Å². The van der Waals surface area contributed by atoms with Gasteiger partial charge in [-0.05, 0) is 43.5 Å². The van der Waals surface area contributed by atoms with Gasteiger partial charge < -0.3 is 10.6 Å². The van der Waals surface area contributed by atoms with Crippen LogP contribution in [0.15, 0.2) is 30.5 Å². The highest BCUT2D eigenvalue weighted by Crippen LogP contribution is 2.25. The average molecular weight is 367 g/mol. The lowest BCUT2D eigenvalue weighted by Gasteiger charge is -2.22. The van der Waals surface area contributed by atoms with Gasteiger partial charge in [0.2, 0.25) is 0 Å². The Balaban J connectivity index is 1.53.